The Morgan fingerprint density at radius 1 is 1.03 bits per heavy atom. The fraction of sp³-hybridized carbons (Fsp3) is 0.280. The van der Waals surface area contributed by atoms with Gasteiger partial charge in [0.25, 0.3) is 5.19 Å². The van der Waals surface area contributed by atoms with Gasteiger partial charge in [-0.15, -0.1) is 0 Å². The van der Waals surface area contributed by atoms with Crippen LogP contribution in [0.4, 0.5) is 0 Å². The maximum Gasteiger partial charge on any atom is 0.281 e. The van der Waals surface area contributed by atoms with Gasteiger partial charge in [-0.3, -0.25) is 0 Å². The second kappa shape index (κ2) is 9.16. The number of nitrogens with zero attached hydrogens (tertiary/aromatic N) is 3. The summed E-state index contributed by atoms with van der Waals surface area (Å²) >= 11 is 7.48. The van der Waals surface area contributed by atoms with Crippen molar-refractivity contribution in [2.45, 2.75) is 24.9 Å². The van der Waals surface area contributed by atoms with Crippen molar-refractivity contribution in [2.75, 3.05) is 19.6 Å². The highest BCUT2D eigenvalue weighted by atomic mass is 35.5. The van der Waals surface area contributed by atoms with E-state index < -0.39 is 5.60 Å². The fourth-order valence-electron chi connectivity index (χ4n) is 4.10. The van der Waals surface area contributed by atoms with Gasteiger partial charge in [-0.25, -0.2) is 4.98 Å². The summed E-state index contributed by atoms with van der Waals surface area (Å²) in [6.45, 7) is 2.73. The monoisotopic (exact) mass is 465 g/mol. The van der Waals surface area contributed by atoms with Crippen LogP contribution in [0.3, 0.4) is 0 Å². The molecule has 164 valence electrons. The zero-order valence-electron chi connectivity index (χ0n) is 17.6. The van der Waals surface area contributed by atoms with Crippen LogP contribution < -0.4 is 4.74 Å². The molecule has 0 saturated carbocycles. The minimum Gasteiger partial charge on any atom is -0.431 e. The fourth-order valence-corrected chi connectivity index (χ4v) is 5.02. The molecule has 5 nitrogen and oxygen atoms in total. The smallest absolute Gasteiger partial charge is 0.281 e. The number of halogens is 1. The summed E-state index contributed by atoms with van der Waals surface area (Å²) in [7, 11) is 0. The van der Waals surface area contributed by atoms with Crippen LogP contribution in [0.1, 0.15) is 24.0 Å². The third-order valence-electron chi connectivity index (χ3n) is 6.06. The Balaban J connectivity index is 1.13. The molecule has 1 fully saturated rings. The highest BCUT2D eigenvalue weighted by molar-refractivity contribution is 7.20. The van der Waals surface area contributed by atoms with Gasteiger partial charge in [0.15, 0.2) is 5.65 Å². The van der Waals surface area contributed by atoms with E-state index in [2.05, 4.69) is 27.0 Å². The van der Waals surface area contributed by atoms with E-state index >= 15 is 0 Å². The second-order valence-electron chi connectivity index (χ2n) is 8.18. The molecule has 0 atom stereocenters. The molecule has 4 aromatic rings. The van der Waals surface area contributed by atoms with Gasteiger partial charge in [-0.05, 0) is 66.8 Å². The van der Waals surface area contributed by atoms with E-state index in [1.54, 1.807) is 6.20 Å². The number of ether oxygens (including phenoxy) is 1. The molecule has 0 radical (unpaired) electrons. The number of rotatable bonds is 6. The quantitative estimate of drug-likeness (QED) is 0.398. The number of aliphatic hydroxyl groups is 1. The van der Waals surface area contributed by atoms with Crippen molar-refractivity contribution in [2.24, 2.45) is 0 Å². The largest absolute Gasteiger partial charge is 0.431 e. The highest BCUT2D eigenvalue weighted by Crippen LogP contribution is 2.34. The van der Waals surface area contributed by atoms with Crippen molar-refractivity contribution in [3.8, 4) is 10.9 Å². The molecule has 5 rings (SSSR count). The average molecular weight is 466 g/mol. The van der Waals surface area contributed by atoms with Crippen LogP contribution in [0.15, 0.2) is 66.9 Å². The molecular formula is C25H24ClN3O2S. The molecule has 1 N–H and O–H groups in total. The molecule has 0 amide bonds. The zero-order chi connectivity index (χ0) is 22.0. The maximum atomic E-state index is 11.0. The first-order chi connectivity index (χ1) is 15.6. The van der Waals surface area contributed by atoms with Crippen molar-refractivity contribution in [1.82, 2.24) is 14.9 Å². The predicted molar refractivity (Wildman–Crippen MR) is 129 cm³/mol. The lowest BCUT2D eigenvalue weighted by atomic mass is 9.84. The Labute approximate surface area is 196 Å². The molecule has 1 aliphatic heterocycles. The average Bonchev–Trinajstić information content (AvgIpc) is 3.22. The first-order valence-corrected chi connectivity index (χ1v) is 12.0. The standard InChI is InChI=1S/C25H24ClN3O2S/c26-20-7-5-19(6-8-20)25(30)12-16-29(17-13-25)15-11-18-3-9-21(10-4-18)31-24-28-23-22(32-24)2-1-14-27-23/h1-10,14,30H,11-13,15-17H2. The normalized spacial score (nSPS) is 16.3. The molecule has 2 aromatic heterocycles. The summed E-state index contributed by atoms with van der Waals surface area (Å²) in [6, 6.07) is 19.7. The van der Waals surface area contributed by atoms with E-state index in [0.29, 0.717) is 15.9 Å². The van der Waals surface area contributed by atoms with Gasteiger partial charge in [-0.2, -0.15) is 4.98 Å². The Kier molecular flexibility index (Phi) is 6.11. The van der Waals surface area contributed by atoms with Crippen molar-refractivity contribution >= 4 is 33.3 Å². The van der Waals surface area contributed by atoms with E-state index in [-0.39, 0.29) is 0 Å². The molecule has 0 aliphatic carbocycles. The molecule has 32 heavy (non-hydrogen) atoms. The van der Waals surface area contributed by atoms with Crippen LogP contribution in [0.25, 0.3) is 10.3 Å². The van der Waals surface area contributed by atoms with Gasteiger partial charge >= 0.3 is 0 Å². The number of pyridine rings is 1. The number of piperidine rings is 1. The van der Waals surface area contributed by atoms with E-state index in [1.807, 2.05) is 48.5 Å². The SMILES string of the molecule is OC1(c2ccc(Cl)cc2)CCN(CCc2ccc(Oc3nc4ncccc4s3)cc2)CC1. The summed E-state index contributed by atoms with van der Waals surface area (Å²) in [5.41, 5.74) is 2.19. The second-order valence-corrected chi connectivity index (χ2v) is 9.61. The molecule has 3 heterocycles. The topological polar surface area (TPSA) is 58.5 Å². The molecule has 1 saturated heterocycles. The van der Waals surface area contributed by atoms with Crippen molar-refractivity contribution in [3.63, 3.8) is 0 Å². The van der Waals surface area contributed by atoms with Crippen molar-refractivity contribution in [1.29, 1.82) is 0 Å². The Morgan fingerprint density at radius 3 is 2.50 bits per heavy atom. The third kappa shape index (κ3) is 4.79. The summed E-state index contributed by atoms with van der Waals surface area (Å²) in [4.78, 5) is 11.1. The minimum absolute atomic E-state index is 0.605. The molecule has 1 aliphatic rings. The number of aromatic nitrogens is 2. The number of fused-ring (bicyclic) bond motifs is 1. The number of thiazole rings is 1. The van der Waals surface area contributed by atoms with Crippen molar-refractivity contribution in [3.05, 3.63) is 83.0 Å². The van der Waals surface area contributed by atoms with Gasteiger partial charge in [0.1, 0.15) is 5.75 Å². The first-order valence-electron chi connectivity index (χ1n) is 10.8. The lowest BCUT2D eigenvalue weighted by Crippen LogP contribution is -2.43. The molecule has 0 unspecified atom stereocenters. The summed E-state index contributed by atoms with van der Waals surface area (Å²) in [6.07, 6.45) is 4.17. The van der Waals surface area contributed by atoms with Crippen LogP contribution >= 0.6 is 22.9 Å². The molecule has 2 aromatic carbocycles. The number of likely N-dealkylation sites (tertiary alicyclic amines) is 1. The number of hydrogen-bond donors (Lipinski definition) is 1. The number of benzene rings is 2. The first kappa shape index (κ1) is 21.3. The molecule has 0 spiro atoms. The van der Waals surface area contributed by atoms with Gasteiger partial charge in [-0.1, -0.05) is 47.2 Å². The Hall–Kier alpha value is -2.51. The summed E-state index contributed by atoms with van der Waals surface area (Å²) in [5, 5.41) is 12.3. The third-order valence-corrected chi connectivity index (χ3v) is 7.20. The summed E-state index contributed by atoms with van der Waals surface area (Å²) < 4.78 is 6.92. The molecule has 7 heteroatoms. The lowest BCUT2D eigenvalue weighted by molar-refractivity contribution is -0.0255. The van der Waals surface area contributed by atoms with Crippen molar-refractivity contribution < 1.29 is 9.84 Å². The van der Waals surface area contributed by atoms with Crippen LogP contribution in [0, 0.1) is 0 Å². The minimum atomic E-state index is -0.754. The molecular weight excluding hydrogens is 442 g/mol. The zero-order valence-corrected chi connectivity index (χ0v) is 19.1. The van der Waals surface area contributed by atoms with E-state index in [9.17, 15) is 5.11 Å². The van der Waals surface area contributed by atoms with Crippen LogP contribution in [-0.4, -0.2) is 39.6 Å². The predicted octanol–water partition coefficient (Wildman–Crippen LogP) is 5.66. The van der Waals surface area contributed by atoms with Gasteiger partial charge in [0.05, 0.1) is 10.3 Å². The van der Waals surface area contributed by atoms with Gasteiger partial charge < -0.3 is 14.7 Å². The maximum absolute atomic E-state index is 11.0. The van der Waals surface area contributed by atoms with E-state index in [4.69, 9.17) is 16.3 Å². The summed E-state index contributed by atoms with van der Waals surface area (Å²) in [5.74, 6) is 0.777. The lowest BCUT2D eigenvalue weighted by Gasteiger charge is -2.38. The Bertz CT molecular complexity index is 1150. The van der Waals surface area contributed by atoms with E-state index in [0.717, 1.165) is 54.9 Å². The van der Waals surface area contributed by atoms with Gasteiger partial charge in [0.2, 0.25) is 0 Å². The van der Waals surface area contributed by atoms with Crippen LogP contribution in [-0.2, 0) is 12.0 Å². The van der Waals surface area contributed by atoms with Crippen LogP contribution in [0.5, 0.6) is 10.9 Å². The van der Waals surface area contributed by atoms with Gasteiger partial charge in [0, 0.05) is 30.9 Å². The number of hydrogen-bond acceptors (Lipinski definition) is 6. The van der Waals surface area contributed by atoms with E-state index in [1.165, 1.54) is 16.9 Å². The molecule has 0 bridgehead atoms. The van der Waals surface area contributed by atoms with Crippen LogP contribution in [0.2, 0.25) is 5.02 Å². The highest BCUT2D eigenvalue weighted by Gasteiger charge is 2.33. The Morgan fingerprint density at radius 2 is 1.78 bits per heavy atom.